The van der Waals surface area contributed by atoms with Gasteiger partial charge in [0.15, 0.2) is 0 Å². The van der Waals surface area contributed by atoms with E-state index in [9.17, 15) is 0 Å². The Morgan fingerprint density at radius 1 is 1.40 bits per heavy atom. The number of hydrogen-bond donors (Lipinski definition) is 1. The van der Waals surface area contributed by atoms with E-state index < -0.39 is 0 Å². The number of nitrogens with two attached hydrogens (primary N) is 1. The standard InChI is InChI=1S/C12H20N2O/c1-4-14(2)9-11(13)10-7-5-6-8-12(10)15-3/h5-8,11H,4,9,13H2,1-3H3. The van der Waals surface area contributed by atoms with Crippen LogP contribution < -0.4 is 10.5 Å². The van der Waals surface area contributed by atoms with Crippen LogP contribution in [0.4, 0.5) is 0 Å². The average Bonchev–Trinajstić information content (AvgIpc) is 2.28. The second kappa shape index (κ2) is 5.73. The molecule has 0 aliphatic heterocycles. The summed E-state index contributed by atoms with van der Waals surface area (Å²) in [7, 11) is 3.74. The van der Waals surface area contributed by atoms with Crippen molar-refractivity contribution < 1.29 is 4.74 Å². The van der Waals surface area contributed by atoms with Crippen molar-refractivity contribution in [2.45, 2.75) is 13.0 Å². The van der Waals surface area contributed by atoms with Crippen molar-refractivity contribution >= 4 is 0 Å². The first-order chi connectivity index (χ1) is 7.19. The van der Waals surface area contributed by atoms with Gasteiger partial charge in [0, 0.05) is 18.2 Å². The second-order valence-corrected chi connectivity index (χ2v) is 3.70. The first kappa shape index (κ1) is 12.0. The minimum atomic E-state index is 0.00565. The summed E-state index contributed by atoms with van der Waals surface area (Å²) in [5.74, 6) is 0.870. The summed E-state index contributed by atoms with van der Waals surface area (Å²) in [5.41, 5.74) is 7.20. The summed E-state index contributed by atoms with van der Waals surface area (Å²) in [5, 5.41) is 0. The van der Waals surface area contributed by atoms with Gasteiger partial charge in [-0.2, -0.15) is 0 Å². The number of ether oxygens (including phenoxy) is 1. The van der Waals surface area contributed by atoms with Gasteiger partial charge in [0.05, 0.1) is 7.11 Å². The van der Waals surface area contributed by atoms with E-state index in [1.165, 1.54) is 0 Å². The molecule has 0 saturated heterocycles. The van der Waals surface area contributed by atoms with Gasteiger partial charge >= 0.3 is 0 Å². The Morgan fingerprint density at radius 3 is 2.67 bits per heavy atom. The van der Waals surface area contributed by atoms with Crippen LogP contribution in [0.5, 0.6) is 5.75 Å². The van der Waals surface area contributed by atoms with Crippen molar-refractivity contribution in [2.24, 2.45) is 5.73 Å². The summed E-state index contributed by atoms with van der Waals surface area (Å²) in [6.45, 7) is 3.97. The first-order valence-electron chi connectivity index (χ1n) is 5.26. The van der Waals surface area contributed by atoms with E-state index in [2.05, 4.69) is 18.9 Å². The molecule has 0 aromatic heterocycles. The lowest BCUT2D eigenvalue weighted by Gasteiger charge is -2.21. The zero-order chi connectivity index (χ0) is 11.3. The van der Waals surface area contributed by atoms with Crippen LogP contribution in [0, 0.1) is 0 Å². The molecule has 15 heavy (non-hydrogen) atoms. The maximum absolute atomic E-state index is 6.13. The molecule has 2 N–H and O–H groups in total. The molecular formula is C12H20N2O. The van der Waals surface area contributed by atoms with E-state index in [4.69, 9.17) is 10.5 Å². The normalized spacial score (nSPS) is 12.9. The fraction of sp³-hybridized carbons (Fsp3) is 0.500. The number of nitrogens with zero attached hydrogens (tertiary/aromatic N) is 1. The van der Waals surface area contributed by atoms with Crippen LogP contribution in [-0.4, -0.2) is 32.1 Å². The molecule has 1 aromatic rings. The minimum absolute atomic E-state index is 0.00565. The monoisotopic (exact) mass is 208 g/mol. The molecule has 0 aliphatic carbocycles. The van der Waals surface area contributed by atoms with Crippen LogP contribution in [0.2, 0.25) is 0 Å². The number of hydrogen-bond acceptors (Lipinski definition) is 3. The molecule has 1 atom stereocenters. The van der Waals surface area contributed by atoms with Gasteiger partial charge in [-0.05, 0) is 19.7 Å². The number of likely N-dealkylation sites (N-methyl/N-ethyl adjacent to an activating group) is 1. The Kier molecular flexibility index (Phi) is 4.59. The van der Waals surface area contributed by atoms with Crippen LogP contribution >= 0.6 is 0 Å². The molecule has 0 bridgehead atoms. The Hall–Kier alpha value is -1.06. The van der Waals surface area contributed by atoms with Crippen molar-refractivity contribution in [2.75, 3.05) is 27.2 Å². The van der Waals surface area contributed by atoms with Gasteiger partial charge in [0.2, 0.25) is 0 Å². The third kappa shape index (κ3) is 3.22. The number of para-hydroxylation sites is 1. The van der Waals surface area contributed by atoms with Crippen molar-refractivity contribution in [3.05, 3.63) is 29.8 Å². The van der Waals surface area contributed by atoms with Crippen LogP contribution in [0.1, 0.15) is 18.5 Å². The van der Waals surface area contributed by atoms with Crippen LogP contribution in [0.3, 0.4) is 0 Å². The molecule has 0 spiro atoms. The van der Waals surface area contributed by atoms with Crippen molar-refractivity contribution in [3.63, 3.8) is 0 Å². The average molecular weight is 208 g/mol. The molecular weight excluding hydrogens is 188 g/mol. The first-order valence-corrected chi connectivity index (χ1v) is 5.26. The number of rotatable bonds is 5. The largest absolute Gasteiger partial charge is 0.496 e. The predicted molar refractivity (Wildman–Crippen MR) is 63.1 cm³/mol. The fourth-order valence-electron chi connectivity index (χ4n) is 1.54. The Labute approximate surface area is 91.8 Å². The maximum Gasteiger partial charge on any atom is 0.123 e. The third-order valence-electron chi connectivity index (χ3n) is 2.59. The van der Waals surface area contributed by atoms with Gasteiger partial charge in [-0.15, -0.1) is 0 Å². The van der Waals surface area contributed by atoms with Gasteiger partial charge in [0.1, 0.15) is 5.75 Å². The lowest BCUT2D eigenvalue weighted by atomic mass is 10.1. The minimum Gasteiger partial charge on any atom is -0.496 e. The highest BCUT2D eigenvalue weighted by atomic mass is 16.5. The summed E-state index contributed by atoms with van der Waals surface area (Å²) in [6, 6.07) is 7.92. The van der Waals surface area contributed by atoms with Crippen molar-refractivity contribution in [1.82, 2.24) is 4.90 Å². The topological polar surface area (TPSA) is 38.5 Å². The summed E-state index contributed by atoms with van der Waals surface area (Å²) in [4.78, 5) is 2.19. The molecule has 0 saturated carbocycles. The highest BCUT2D eigenvalue weighted by molar-refractivity contribution is 5.35. The zero-order valence-electron chi connectivity index (χ0n) is 9.73. The van der Waals surface area contributed by atoms with E-state index >= 15 is 0 Å². The lowest BCUT2D eigenvalue weighted by molar-refractivity contribution is 0.323. The fourth-order valence-corrected chi connectivity index (χ4v) is 1.54. The Bertz CT molecular complexity index is 301. The van der Waals surface area contributed by atoms with Gasteiger partial charge in [-0.1, -0.05) is 25.1 Å². The van der Waals surface area contributed by atoms with E-state index in [0.717, 1.165) is 24.4 Å². The summed E-state index contributed by atoms with van der Waals surface area (Å²) >= 11 is 0. The molecule has 1 rings (SSSR count). The molecule has 3 nitrogen and oxygen atoms in total. The Morgan fingerprint density at radius 2 is 2.07 bits per heavy atom. The van der Waals surface area contributed by atoms with Crippen molar-refractivity contribution in [3.8, 4) is 5.75 Å². The van der Waals surface area contributed by atoms with Crippen LogP contribution in [-0.2, 0) is 0 Å². The third-order valence-corrected chi connectivity index (χ3v) is 2.59. The zero-order valence-corrected chi connectivity index (χ0v) is 9.73. The molecule has 84 valence electrons. The van der Waals surface area contributed by atoms with Gasteiger partial charge in [-0.25, -0.2) is 0 Å². The molecule has 0 amide bonds. The highest BCUT2D eigenvalue weighted by Crippen LogP contribution is 2.23. The summed E-state index contributed by atoms with van der Waals surface area (Å²) in [6.07, 6.45) is 0. The molecule has 1 unspecified atom stereocenters. The molecule has 0 aliphatic rings. The predicted octanol–water partition coefficient (Wildman–Crippen LogP) is 1.65. The lowest BCUT2D eigenvalue weighted by Crippen LogP contribution is -2.29. The second-order valence-electron chi connectivity index (χ2n) is 3.70. The van der Waals surface area contributed by atoms with Crippen molar-refractivity contribution in [1.29, 1.82) is 0 Å². The quantitative estimate of drug-likeness (QED) is 0.799. The highest BCUT2D eigenvalue weighted by Gasteiger charge is 2.12. The SMILES string of the molecule is CCN(C)CC(N)c1ccccc1OC. The Balaban J connectivity index is 2.76. The van der Waals surface area contributed by atoms with E-state index in [0.29, 0.717) is 0 Å². The molecule has 3 heteroatoms. The van der Waals surface area contributed by atoms with E-state index in [1.807, 2.05) is 24.3 Å². The maximum atomic E-state index is 6.13. The van der Waals surface area contributed by atoms with E-state index in [1.54, 1.807) is 7.11 Å². The van der Waals surface area contributed by atoms with Gasteiger partial charge in [-0.3, -0.25) is 0 Å². The van der Waals surface area contributed by atoms with Gasteiger partial charge in [0.25, 0.3) is 0 Å². The number of benzene rings is 1. The number of methoxy groups -OCH3 is 1. The molecule has 0 heterocycles. The van der Waals surface area contributed by atoms with Crippen LogP contribution in [0.15, 0.2) is 24.3 Å². The smallest absolute Gasteiger partial charge is 0.123 e. The summed E-state index contributed by atoms with van der Waals surface area (Å²) < 4.78 is 5.28. The molecule has 1 aromatic carbocycles. The van der Waals surface area contributed by atoms with Crippen LogP contribution in [0.25, 0.3) is 0 Å². The molecule has 0 radical (unpaired) electrons. The van der Waals surface area contributed by atoms with E-state index in [-0.39, 0.29) is 6.04 Å². The van der Waals surface area contributed by atoms with Gasteiger partial charge < -0.3 is 15.4 Å². The molecule has 0 fully saturated rings.